The molecule has 2 N–H and O–H groups in total. The van der Waals surface area contributed by atoms with Crippen molar-refractivity contribution in [3.8, 4) is 0 Å². The Labute approximate surface area is 116 Å². The second-order valence-electron chi connectivity index (χ2n) is 6.17. The van der Waals surface area contributed by atoms with Gasteiger partial charge >= 0.3 is 0 Å². The first-order valence-electron chi connectivity index (χ1n) is 7.36. The molecule has 19 heavy (non-hydrogen) atoms. The number of rotatable bonds is 3. The number of hydrogen-bond donors (Lipinski definition) is 1. The number of carbonyl (C=O) groups is 1. The molecule has 1 aromatic carbocycles. The van der Waals surface area contributed by atoms with Gasteiger partial charge in [-0.25, -0.2) is 0 Å². The number of nitrogens with two attached hydrogens (primary N) is 1. The minimum Gasteiger partial charge on any atom is -0.324 e. The summed E-state index contributed by atoms with van der Waals surface area (Å²) in [5.41, 5.74) is 10.4. The van der Waals surface area contributed by atoms with Crippen molar-refractivity contribution in [3.05, 3.63) is 34.9 Å². The number of ketones is 1. The van der Waals surface area contributed by atoms with Crippen molar-refractivity contribution in [1.29, 1.82) is 0 Å². The molecule has 104 valence electrons. The summed E-state index contributed by atoms with van der Waals surface area (Å²) in [7, 11) is 0. The molecular formula is C17H25NO. The van der Waals surface area contributed by atoms with Crippen molar-refractivity contribution in [2.75, 3.05) is 0 Å². The van der Waals surface area contributed by atoms with Crippen molar-refractivity contribution in [2.45, 2.75) is 58.4 Å². The van der Waals surface area contributed by atoms with Gasteiger partial charge in [0.2, 0.25) is 0 Å². The molecule has 0 aromatic heterocycles. The van der Waals surface area contributed by atoms with E-state index in [1.54, 1.807) is 0 Å². The molecule has 1 aromatic rings. The molecule has 0 bridgehead atoms. The first-order chi connectivity index (χ1) is 8.99. The number of aryl methyl sites for hydroxylation is 1. The zero-order chi connectivity index (χ0) is 14.0. The van der Waals surface area contributed by atoms with E-state index >= 15 is 0 Å². The van der Waals surface area contributed by atoms with E-state index in [0.717, 1.165) is 12.8 Å². The molecule has 0 aliphatic heterocycles. The van der Waals surface area contributed by atoms with Crippen LogP contribution in [0.5, 0.6) is 0 Å². The molecule has 1 fully saturated rings. The largest absolute Gasteiger partial charge is 0.324 e. The lowest BCUT2D eigenvalue weighted by Gasteiger charge is -2.28. The molecule has 2 nitrogen and oxygen atoms in total. The Balaban J connectivity index is 2.20. The summed E-state index contributed by atoms with van der Waals surface area (Å²) in [5, 5.41) is 0. The summed E-state index contributed by atoms with van der Waals surface area (Å²) in [6.07, 6.45) is 3.32. The fraction of sp³-hybridized carbons (Fsp3) is 0.588. The Morgan fingerprint density at radius 1 is 1.21 bits per heavy atom. The van der Waals surface area contributed by atoms with Crippen LogP contribution in [-0.2, 0) is 4.79 Å². The van der Waals surface area contributed by atoms with E-state index in [4.69, 9.17) is 5.73 Å². The number of benzene rings is 1. The highest BCUT2D eigenvalue weighted by molar-refractivity contribution is 5.79. The van der Waals surface area contributed by atoms with E-state index in [1.165, 1.54) is 16.7 Å². The van der Waals surface area contributed by atoms with Gasteiger partial charge in [-0.05, 0) is 48.3 Å². The van der Waals surface area contributed by atoms with Crippen molar-refractivity contribution in [1.82, 2.24) is 0 Å². The lowest BCUT2D eigenvalue weighted by molar-refractivity contribution is -0.121. The molecule has 2 rings (SSSR count). The average molecular weight is 259 g/mol. The van der Waals surface area contributed by atoms with Crippen LogP contribution < -0.4 is 5.73 Å². The average Bonchev–Trinajstić information content (AvgIpc) is 2.39. The van der Waals surface area contributed by atoms with Crippen LogP contribution in [0.15, 0.2) is 18.2 Å². The van der Waals surface area contributed by atoms with Crippen LogP contribution in [0.2, 0.25) is 0 Å². The second kappa shape index (κ2) is 5.87. The molecule has 1 aliphatic rings. The van der Waals surface area contributed by atoms with Crippen molar-refractivity contribution < 1.29 is 4.79 Å². The fourth-order valence-electron chi connectivity index (χ4n) is 2.95. The highest BCUT2D eigenvalue weighted by atomic mass is 16.1. The van der Waals surface area contributed by atoms with Crippen LogP contribution in [-0.4, -0.2) is 5.78 Å². The zero-order valence-corrected chi connectivity index (χ0v) is 12.3. The molecule has 1 atom stereocenters. The molecule has 1 aliphatic carbocycles. The van der Waals surface area contributed by atoms with Crippen molar-refractivity contribution >= 4 is 5.78 Å². The predicted molar refractivity (Wildman–Crippen MR) is 79.2 cm³/mol. The maximum absolute atomic E-state index is 11.3. The highest BCUT2D eigenvalue weighted by Gasteiger charge is 2.26. The van der Waals surface area contributed by atoms with Gasteiger partial charge in [-0.3, -0.25) is 4.79 Å². The maximum atomic E-state index is 11.3. The van der Waals surface area contributed by atoms with Gasteiger partial charge in [-0.1, -0.05) is 32.0 Å². The minimum absolute atomic E-state index is 0.0757. The minimum atomic E-state index is 0.0757. The van der Waals surface area contributed by atoms with Crippen LogP contribution in [0.3, 0.4) is 0 Å². The van der Waals surface area contributed by atoms with Gasteiger partial charge in [0.05, 0.1) is 0 Å². The fourth-order valence-corrected chi connectivity index (χ4v) is 2.95. The van der Waals surface area contributed by atoms with E-state index in [-0.39, 0.29) is 6.04 Å². The topological polar surface area (TPSA) is 43.1 Å². The van der Waals surface area contributed by atoms with E-state index in [1.807, 2.05) is 0 Å². The van der Waals surface area contributed by atoms with Gasteiger partial charge in [0, 0.05) is 18.9 Å². The van der Waals surface area contributed by atoms with E-state index in [9.17, 15) is 4.79 Å². The molecule has 0 amide bonds. The van der Waals surface area contributed by atoms with Gasteiger partial charge in [0.15, 0.2) is 0 Å². The number of carbonyl (C=O) groups excluding carboxylic acids is 1. The highest BCUT2D eigenvalue weighted by Crippen LogP contribution is 2.34. The maximum Gasteiger partial charge on any atom is 0.132 e. The molecular weight excluding hydrogens is 234 g/mol. The summed E-state index contributed by atoms with van der Waals surface area (Å²) in [6.45, 7) is 6.55. The lowest BCUT2D eigenvalue weighted by Crippen LogP contribution is -2.26. The van der Waals surface area contributed by atoms with Crippen LogP contribution >= 0.6 is 0 Å². The third kappa shape index (κ3) is 3.24. The summed E-state index contributed by atoms with van der Waals surface area (Å²) in [4.78, 5) is 11.3. The smallest absolute Gasteiger partial charge is 0.132 e. The molecule has 0 spiro atoms. The van der Waals surface area contributed by atoms with Gasteiger partial charge in [0.25, 0.3) is 0 Å². The van der Waals surface area contributed by atoms with Crippen LogP contribution in [0.25, 0.3) is 0 Å². The van der Waals surface area contributed by atoms with Crippen LogP contribution in [0.4, 0.5) is 0 Å². The van der Waals surface area contributed by atoms with Crippen LogP contribution in [0.1, 0.15) is 68.2 Å². The predicted octanol–water partition coefficient (Wildman–Crippen LogP) is 3.88. The third-order valence-electron chi connectivity index (χ3n) is 4.42. The summed E-state index contributed by atoms with van der Waals surface area (Å²) in [5.74, 6) is 1.38. The molecule has 1 unspecified atom stereocenters. The second-order valence-corrected chi connectivity index (χ2v) is 6.17. The molecule has 1 saturated carbocycles. The van der Waals surface area contributed by atoms with E-state index < -0.39 is 0 Å². The zero-order valence-electron chi connectivity index (χ0n) is 12.3. The first kappa shape index (κ1) is 14.3. The van der Waals surface area contributed by atoms with E-state index in [0.29, 0.717) is 30.5 Å². The Kier molecular flexibility index (Phi) is 4.41. The van der Waals surface area contributed by atoms with Gasteiger partial charge in [0.1, 0.15) is 5.78 Å². The quantitative estimate of drug-likeness (QED) is 0.895. The Bertz CT molecular complexity index is 454. The van der Waals surface area contributed by atoms with Gasteiger partial charge in [-0.2, -0.15) is 0 Å². The van der Waals surface area contributed by atoms with Crippen molar-refractivity contribution in [3.63, 3.8) is 0 Å². The van der Waals surface area contributed by atoms with Gasteiger partial charge in [-0.15, -0.1) is 0 Å². The molecule has 0 saturated heterocycles. The monoisotopic (exact) mass is 259 g/mol. The van der Waals surface area contributed by atoms with Crippen molar-refractivity contribution in [2.24, 2.45) is 11.7 Å². The summed E-state index contributed by atoms with van der Waals surface area (Å²) < 4.78 is 0. The number of hydrogen-bond acceptors (Lipinski definition) is 2. The third-order valence-corrected chi connectivity index (χ3v) is 4.42. The van der Waals surface area contributed by atoms with Crippen LogP contribution in [0, 0.1) is 12.8 Å². The number of Topliss-reactive ketones (excluding diaryl/α,β-unsaturated/α-hetero) is 1. The van der Waals surface area contributed by atoms with E-state index in [2.05, 4.69) is 39.0 Å². The summed E-state index contributed by atoms with van der Waals surface area (Å²) >= 11 is 0. The Hall–Kier alpha value is -1.15. The van der Waals surface area contributed by atoms with Gasteiger partial charge < -0.3 is 5.73 Å². The normalized spacial score (nSPS) is 18.9. The standard InChI is InChI=1S/C17H25NO/c1-11(2)14-5-4-12(3)16(10-14)17(18)13-6-8-15(19)9-7-13/h4-5,10-11,13,17H,6-9,18H2,1-3H3. The SMILES string of the molecule is Cc1ccc(C(C)C)cc1C(N)C1CCC(=O)CC1. The Morgan fingerprint density at radius 3 is 2.42 bits per heavy atom. The molecule has 0 radical (unpaired) electrons. The molecule has 2 heteroatoms. The molecule has 0 heterocycles. The summed E-state index contributed by atoms with van der Waals surface area (Å²) in [6, 6.07) is 6.71. The first-order valence-corrected chi connectivity index (χ1v) is 7.36. The Morgan fingerprint density at radius 2 is 1.84 bits per heavy atom. The lowest BCUT2D eigenvalue weighted by atomic mass is 9.79.